The summed E-state index contributed by atoms with van der Waals surface area (Å²) < 4.78 is 5.19. The van der Waals surface area contributed by atoms with Gasteiger partial charge in [-0.25, -0.2) is 0 Å². The van der Waals surface area contributed by atoms with Crippen LogP contribution in [0.15, 0.2) is 10.6 Å². The molecule has 0 aromatic carbocycles. The van der Waals surface area contributed by atoms with Crippen LogP contribution in [-0.4, -0.2) is 43.0 Å². The largest absolute Gasteiger partial charge is 0.465 e. The van der Waals surface area contributed by atoms with E-state index < -0.39 is 0 Å². The lowest BCUT2D eigenvalue weighted by Gasteiger charge is -2.17. The van der Waals surface area contributed by atoms with Crippen LogP contribution in [0.3, 0.4) is 0 Å². The lowest BCUT2D eigenvalue weighted by Crippen LogP contribution is -2.15. The Balaban J connectivity index is 4.38. The number of ether oxygens (including phenoxy) is 1. The van der Waals surface area contributed by atoms with E-state index in [1.165, 1.54) is 4.90 Å². The third-order valence-electron chi connectivity index (χ3n) is 3.13. The highest BCUT2D eigenvalue weighted by atomic mass is 33.1. The molecule has 0 fully saturated rings. The van der Waals surface area contributed by atoms with Crippen LogP contribution >= 0.6 is 21.6 Å². The second kappa shape index (κ2) is 14.6. The fourth-order valence-electron chi connectivity index (χ4n) is 1.53. The Labute approximate surface area is 147 Å². The molecular weight excluding hydrogens is 334 g/mol. The molecule has 0 aliphatic rings. The second-order valence-corrected chi connectivity index (χ2v) is 7.52. The van der Waals surface area contributed by atoms with Gasteiger partial charge in [0.05, 0.1) is 6.61 Å². The topological polar surface area (TPSA) is 63.7 Å². The summed E-state index contributed by atoms with van der Waals surface area (Å²) in [5, 5.41) is 0. The molecule has 0 aliphatic heterocycles. The molecule has 0 heterocycles. The Kier molecular flexibility index (Phi) is 14.0. The van der Waals surface area contributed by atoms with E-state index in [0.29, 0.717) is 25.9 Å². The summed E-state index contributed by atoms with van der Waals surface area (Å²) in [6, 6.07) is 0. The molecule has 0 atom stereocenters. The lowest BCUT2D eigenvalue weighted by molar-refractivity contribution is -0.143. The monoisotopic (exact) mass is 361 g/mol. The van der Waals surface area contributed by atoms with Gasteiger partial charge in [-0.05, 0) is 19.8 Å². The molecule has 0 aromatic heterocycles. The van der Waals surface area contributed by atoms with Crippen molar-refractivity contribution in [3.05, 3.63) is 10.6 Å². The maximum atomic E-state index is 11.5. The first kappa shape index (κ1) is 22.1. The van der Waals surface area contributed by atoms with E-state index in [0.717, 1.165) is 41.9 Å². The predicted octanol–water partition coefficient (Wildman–Crippen LogP) is 3.79. The Morgan fingerprint density at radius 2 is 1.96 bits per heavy atom. The summed E-state index contributed by atoms with van der Waals surface area (Å²) in [7, 11) is 5.11. The van der Waals surface area contributed by atoms with Crippen LogP contribution in [0, 0.1) is 0 Å². The molecule has 1 amide bonds. The minimum Gasteiger partial charge on any atom is -0.465 e. The van der Waals surface area contributed by atoms with Crippen LogP contribution in [0.4, 0.5) is 0 Å². The van der Waals surface area contributed by atoms with Crippen molar-refractivity contribution in [1.29, 1.82) is 0 Å². The third kappa shape index (κ3) is 11.3. The first-order valence-electron chi connectivity index (χ1n) is 7.83. The van der Waals surface area contributed by atoms with Gasteiger partial charge in [0.1, 0.15) is 6.29 Å². The van der Waals surface area contributed by atoms with Gasteiger partial charge in [0.25, 0.3) is 0 Å². The van der Waals surface area contributed by atoms with Crippen molar-refractivity contribution in [2.45, 2.75) is 52.4 Å². The fourth-order valence-corrected chi connectivity index (χ4v) is 4.24. The molecule has 0 aromatic rings. The first-order chi connectivity index (χ1) is 11.1. The van der Waals surface area contributed by atoms with E-state index in [4.69, 9.17) is 4.74 Å². The summed E-state index contributed by atoms with van der Waals surface area (Å²) in [5.74, 6) is 0.769. The van der Waals surface area contributed by atoms with Crippen molar-refractivity contribution >= 4 is 40.3 Å². The van der Waals surface area contributed by atoms with Gasteiger partial charge in [0.15, 0.2) is 0 Å². The molecule has 132 valence electrons. The van der Waals surface area contributed by atoms with Crippen LogP contribution in [-0.2, 0) is 19.1 Å². The Hall–Kier alpha value is -0.950. The van der Waals surface area contributed by atoms with Gasteiger partial charge in [-0.3, -0.25) is 9.59 Å². The van der Waals surface area contributed by atoms with Gasteiger partial charge in [-0.15, -0.1) is 0 Å². The number of aldehydes is 1. The molecule has 0 unspecified atom stereocenters. The molecule has 0 rings (SSSR count). The predicted molar refractivity (Wildman–Crippen MR) is 97.0 cm³/mol. The molecule has 0 saturated carbocycles. The number of carbonyl (C=O) groups excluding carboxylic acids is 3. The Morgan fingerprint density at radius 3 is 2.57 bits per heavy atom. The van der Waals surface area contributed by atoms with Gasteiger partial charge >= 0.3 is 5.97 Å². The minimum atomic E-state index is -0.281. The Morgan fingerprint density at radius 1 is 1.22 bits per heavy atom. The van der Waals surface area contributed by atoms with E-state index in [1.807, 2.05) is 6.92 Å². The number of allylic oxidation sites excluding steroid dienone is 1. The number of rotatable bonds is 14. The van der Waals surface area contributed by atoms with Crippen LogP contribution in [0.25, 0.3) is 0 Å². The lowest BCUT2D eigenvalue weighted by atomic mass is 10.2. The molecule has 5 nitrogen and oxygen atoms in total. The molecule has 0 N–H and O–H groups in total. The van der Waals surface area contributed by atoms with Crippen molar-refractivity contribution in [3.63, 3.8) is 0 Å². The van der Waals surface area contributed by atoms with Crippen LogP contribution in [0.2, 0.25) is 0 Å². The van der Waals surface area contributed by atoms with E-state index in [2.05, 4.69) is 6.92 Å². The average molecular weight is 362 g/mol. The second-order valence-electron chi connectivity index (χ2n) is 5.01. The zero-order chi connectivity index (χ0) is 17.5. The maximum Gasteiger partial charge on any atom is 0.305 e. The number of unbranched alkanes of at least 4 members (excludes halogenated alkanes) is 2. The van der Waals surface area contributed by atoms with E-state index in [1.54, 1.807) is 28.6 Å². The summed E-state index contributed by atoms with van der Waals surface area (Å²) in [6.07, 6.45) is 5.65. The van der Waals surface area contributed by atoms with Gasteiger partial charge in [-0.1, -0.05) is 34.9 Å². The molecule has 7 heteroatoms. The maximum absolute atomic E-state index is 11.5. The quantitative estimate of drug-likeness (QED) is 0.203. The van der Waals surface area contributed by atoms with Crippen LogP contribution in [0.5, 0.6) is 0 Å². The summed E-state index contributed by atoms with van der Waals surface area (Å²) in [6.45, 7) is 4.33. The highest BCUT2D eigenvalue weighted by molar-refractivity contribution is 8.78. The normalized spacial score (nSPS) is 11.6. The minimum absolute atomic E-state index is 0.267. The van der Waals surface area contributed by atoms with Gasteiger partial charge in [-0.2, -0.15) is 0 Å². The van der Waals surface area contributed by atoms with E-state index >= 15 is 0 Å². The zero-order valence-electron chi connectivity index (χ0n) is 14.2. The summed E-state index contributed by atoms with van der Waals surface area (Å²) in [4.78, 5) is 35.2. The molecule has 0 bridgehead atoms. The molecule has 0 spiro atoms. The third-order valence-corrected chi connectivity index (χ3v) is 5.86. The highest BCUT2D eigenvalue weighted by Crippen LogP contribution is 2.35. The van der Waals surface area contributed by atoms with Crippen LogP contribution in [0.1, 0.15) is 52.4 Å². The Bertz CT molecular complexity index is 400. The van der Waals surface area contributed by atoms with Gasteiger partial charge < -0.3 is 14.4 Å². The number of carbonyl (C=O) groups is 3. The SMILES string of the molecule is CCCCSS/C(CCOC(=O)CCCC=O)=C(/C)N(C)C=O. The zero-order valence-corrected chi connectivity index (χ0v) is 15.8. The fraction of sp³-hybridized carbons (Fsp3) is 0.688. The van der Waals surface area contributed by atoms with Crippen molar-refractivity contribution in [3.8, 4) is 0 Å². The van der Waals surface area contributed by atoms with E-state index in [-0.39, 0.29) is 12.4 Å². The average Bonchev–Trinajstić information content (AvgIpc) is 2.55. The van der Waals surface area contributed by atoms with Gasteiger partial charge in [0, 0.05) is 42.7 Å². The standard InChI is InChI=1S/C16H27NO4S2/c1-4-5-12-22-23-15(14(2)17(3)13-19)9-11-21-16(20)8-6-7-10-18/h10,13H,4-9,11-12H2,1-3H3/b15-14-. The van der Waals surface area contributed by atoms with Crippen molar-refractivity contribution in [2.24, 2.45) is 0 Å². The number of nitrogens with zero attached hydrogens (tertiary/aromatic N) is 1. The molecule has 0 radical (unpaired) electrons. The molecule has 23 heavy (non-hydrogen) atoms. The van der Waals surface area contributed by atoms with Crippen molar-refractivity contribution in [2.75, 3.05) is 19.4 Å². The number of hydrogen-bond acceptors (Lipinski definition) is 6. The number of esters is 1. The highest BCUT2D eigenvalue weighted by Gasteiger charge is 2.10. The molecular formula is C16H27NO4S2. The summed E-state index contributed by atoms with van der Waals surface area (Å²) in [5.41, 5.74) is 0.881. The molecule has 0 saturated heterocycles. The van der Waals surface area contributed by atoms with Crippen molar-refractivity contribution < 1.29 is 19.1 Å². The number of amides is 1. The molecule has 0 aliphatic carbocycles. The van der Waals surface area contributed by atoms with E-state index in [9.17, 15) is 14.4 Å². The smallest absolute Gasteiger partial charge is 0.305 e. The van der Waals surface area contributed by atoms with Crippen molar-refractivity contribution in [1.82, 2.24) is 4.90 Å². The van der Waals surface area contributed by atoms with Crippen LogP contribution < -0.4 is 0 Å². The first-order valence-corrected chi connectivity index (χ1v) is 10.1. The van der Waals surface area contributed by atoms with Gasteiger partial charge in [0.2, 0.25) is 6.41 Å². The summed E-state index contributed by atoms with van der Waals surface area (Å²) >= 11 is 0. The number of hydrogen-bond donors (Lipinski definition) is 0.